The molecule has 1 aromatic carbocycles. The van der Waals surface area contributed by atoms with Gasteiger partial charge < -0.3 is 48.6 Å². The van der Waals surface area contributed by atoms with E-state index in [1.54, 1.807) is 0 Å². The first-order valence-electron chi connectivity index (χ1n) is 7.86. The van der Waals surface area contributed by atoms with Gasteiger partial charge in [-0.05, 0) is 12.1 Å². The lowest BCUT2D eigenvalue weighted by molar-refractivity contribution is -0.356. The first kappa shape index (κ1) is 46.9. The van der Waals surface area contributed by atoms with Crippen molar-refractivity contribution >= 4 is 53.0 Å². The fourth-order valence-electron chi connectivity index (χ4n) is 0.688. The van der Waals surface area contributed by atoms with Crippen molar-refractivity contribution in [3.63, 3.8) is 0 Å². The third-order valence-corrected chi connectivity index (χ3v) is 1.06. The van der Waals surface area contributed by atoms with Crippen LogP contribution in [0.25, 0.3) is 0 Å². The Morgan fingerprint density at radius 2 is 0.784 bits per heavy atom. The Morgan fingerprint density at radius 1 is 0.622 bits per heavy atom. The minimum Gasteiger partial charge on any atom is -0.790 e. The maximum Gasteiger partial charge on any atom is 0.343 e. The monoisotopic (exact) mass is 606 g/mol. The van der Waals surface area contributed by atoms with E-state index in [1.165, 1.54) is 0 Å². The molecule has 1 rings (SSSR count). The van der Waals surface area contributed by atoms with Gasteiger partial charge in [-0.15, -0.1) is 0 Å². The van der Waals surface area contributed by atoms with Gasteiger partial charge >= 0.3 is 23.8 Å². The van der Waals surface area contributed by atoms with Crippen LogP contribution in [-0.2, 0) is 13.7 Å². The zero-order valence-corrected chi connectivity index (χ0v) is 21.4. The second-order valence-electron chi connectivity index (χ2n) is 4.90. The Labute approximate surface area is 208 Å². The first-order chi connectivity index (χ1) is 16.0. The van der Waals surface area contributed by atoms with Crippen molar-refractivity contribution < 1.29 is 79.0 Å². The molecule has 0 aliphatic carbocycles. The standard InChI is InChI=1S/C7H9N3.3CH5N3.3H3O4P/c8-7(9)10-6-4-2-1-3-5-6;3*2-1(3)4;3*1-5(2,3)4/h1-5H,(H4,8,9,10);3*(H5,2,3,4);3*(H3,1,2,3,4). The van der Waals surface area contributed by atoms with E-state index < -0.39 is 23.5 Å². The van der Waals surface area contributed by atoms with Crippen LogP contribution in [0.2, 0.25) is 0 Å². The number of phosphoric acid groups is 3. The van der Waals surface area contributed by atoms with Crippen LogP contribution in [0.3, 0.4) is 0 Å². The molecule has 0 aliphatic rings. The number of hydrogen-bond donors (Lipinski definition) is 17. The average molecular weight is 606 g/mol. The minimum absolute atomic E-state index is 0.0833. The van der Waals surface area contributed by atoms with Gasteiger partial charge in [0, 0.05) is 0 Å². The third-order valence-electron chi connectivity index (χ3n) is 1.06. The fourth-order valence-corrected chi connectivity index (χ4v) is 0.688. The molecule has 0 saturated heterocycles. The van der Waals surface area contributed by atoms with Crippen LogP contribution in [0, 0.1) is 0 Å². The molecule has 0 fully saturated rings. The highest BCUT2D eigenvalue weighted by atomic mass is 31.2. The number of nitrogens with two attached hydrogens (primary N) is 11. The molecule has 0 atom stereocenters. The van der Waals surface area contributed by atoms with E-state index in [9.17, 15) is 0 Å². The zero-order valence-electron chi connectivity index (χ0n) is 18.7. The number of rotatable bonds is 1. The van der Waals surface area contributed by atoms with Crippen LogP contribution in [0.5, 0.6) is 0 Å². The largest absolute Gasteiger partial charge is 0.790 e. The molecular weight excluding hydrogens is 573 g/mol. The summed E-state index contributed by atoms with van der Waals surface area (Å²) in [5, 5.41) is 13.8. The van der Waals surface area contributed by atoms with Gasteiger partial charge in [-0.1, -0.05) is 18.2 Å². The SMILES string of the molecule is NC(N)=[NH+]c1ccccc1.NC(N)=[NH2+].NC(N)=[NH2+].NC(N)=[NH2+].O=P([O-])(O)O.O=P([O-])(O)O.O=P([O-])([O-])O. The molecule has 28 N–H and O–H groups in total. The van der Waals surface area contributed by atoms with E-state index in [0.29, 0.717) is 0 Å². The molecule has 0 unspecified atom stereocenters. The predicted octanol–water partition coefficient (Wildman–Crippen LogP) is -15.6. The van der Waals surface area contributed by atoms with Crippen LogP contribution in [0.15, 0.2) is 30.3 Å². The van der Waals surface area contributed by atoms with Crippen LogP contribution in [0.1, 0.15) is 0 Å². The molecule has 0 heterocycles. The highest BCUT2D eigenvalue weighted by Crippen LogP contribution is 2.19. The molecule has 0 radical (unpaired) electrons. The first-order valence-corrected chi connectivity index (χ1v) is 12.4. The van der Waals surface area contributed by atoms with E-state index >= 15 is 0 Å². The zero-order chi connectivity index (χ0) is 31.6. The van der Waals surface area contributed by atoms with E-state index in [4.69, 9.17) is 69.2 Å². The third kappa shape index (κ3) is 411. The highest BCUT2D eigenvalue weighted by molar-refractivity contribution is 7.43. The number of guanidine groups is 4. The van der Waals surface area contributed by atoms with Gasteiger partial charge in [0.2, 0.25) is 0 Å². The van der Waals surface area contributed by atoms with Crippen molar-refractivity contribution in [1.82, 2.24) is 0 Å². The lowest BCUT2D eigenvalue weighted by Gasteiger charge is -2.19. The lowest BCUT2D eigenvalue weighted by atomic mass is 10.3. The molecule has 0 bridgehead atoms. The van der Waals surface area contributed by atoms with E-state index in [1.807, 2.05) is 30.3 Å². The predicted molar refractivity (Wildman–Crippen MR) is 120 cm³/mol. The second-order valence-corrected chi connectivity index (χ2v) is 7.80. The normalized spacial score (nSPS) is 9.11. The van der Waals surface area contributed by atoms with Crippen molar-refractivity contribution in [3.05, 3.63) is 30.3 Å². The Bertz CT molecular complexity index is 800. The maximum absolute atomic E-state index is 8.77. The number of benzene rings is 1. The molecule has 27 heteroatoms. The van der Waals surface area contributed by atoms with Gasteiger partial charge in [-0.2, -0.15) is 0 Å². The van der Waals surface area contributed by atoms with Gasteiger partial charge in [0.1, 0.15) is 0 Å². The molecular formula is C10H33N12O12P3. The second kappa shape index (κ2) is 25.7. The van der Waals surface area contributed by atoms with Crippen LogP contribution in [-0.4, -0.2) is 48.3 Å². The molecule has 0 saturated carbocycles. The molecule has 24 nitrogen and oxygen atoms in total. The van der Waals surface area contributed by atoms with E-state index in [0.717, 1.165) is 5.69 Å². The molecule has 0 amide bonds. The molecule has 220 valence electrons. The van der Waals surface area contributed by atoms with E-state index in [2.05, 4.69) is 55.6 Å². The number of nitrogens with one attached hydrogen (secondary N) is 1. The smallest absolute Gasteiger partial charge is 0.343 e. The Morgan fingerprint density at radius 3 is 0.919 bits per heavy atom. The summed E-state index contributed by atoms with van der Waals surface area (Å²) >= 11 is 0. The van der Waals surface area contributed by atoms with Gasteiger partial charge in [0.25, 0.3) is 15.6 Å². The summed E-state index contributed by atoms with van der Waals surface area (Å²) in [5.41, 5.74) is 38.8. The summed E-state index contributed by atoms with van der Waals surface area (Å²) in [4.78, 5) is 72.9. The molecule has 37 heavy (non-hydrogen) atoms. The highest BCUT2D eigenvalue weighted by Gasteiger charge is 1.88. The quantitative estimate of drug-likeness (QED) is 0.0801. The summed E-state index contributed by atoms with van der Waals surface area (Å²) in [6.45, 7) is 0. The number of hydrogen-bond acceptors (Lipinski definition) is 7. The summed E-state index contributed by atoms with van der Waals surface area (Å²) in [6.07, 6.45) is 0. The summed E-state index contributed by atoms with van der Waals surface area (Å²) in [6, 6.07) is 9.52. The van der Waals surface area contributed by atoms with Crippen molar-refractivity contribution in [2.75, 3.05) is 0 Å². The van der Waals surface area contributed by atoms with Gasteiger partial charge in [0.05, 0.1) is 13.5 Å². The molecule has 0 aromatic heterocycles. The summed E-state index contributed by atoms with van der Waals surface area (Å²) in [5.74, 6) is -0.0359. The van der Waals surface area contributed by atoms with Gasteiger partial charge in [0.15, 0.2) is 0 Å². The Kier molecular flexibility index (Phi) is 32.6. The van der Waals surface area contributed by atoms with Gasteiger partial charge in [-0.3, -0.25) is 71.2 Å². The van der Waals surface area contributed by atoms with Crippen molar-refractivity contribution in [3.8, 4) is 0 Å². The van der Waals surface area contributed by atoms with Crippen molar-refractivity contribution in [2.45, 2.75) is 0 Å². The maximum atomic E-state index is 8.77. The lowest BCUT2D eigenvalue weighted by Crippen LogP contribution is -2.72. The summed E-state index contributed by atoms with van der Waals surface area (Å²) < 4.78 is 26.2. The van der Waals surface area contributed by atoms with E-state index in [-0.39, 0.29) is 23.8 Å². The topological polar surface area (TPSA) is 544 Å². The minimum atomic E-state index is -5.14. The van der Waals surface area contributed by atoms with Crippen molar-refractivity contribution in [2.24, 2.45) is 45.9 Å². The van der Waals surface area contributed by atoms with Crippen molar-refractivity contribution in [1.29, 1.82) is 0 Å². The van der Waals surface area contributed by atoms with Crippen LogP contribution >= 0.6 is 23.5 Å². The molecule has 0 spiro atoms. The Balaban J connectivity index is -0.0000000789. The van der Waals surface area contributed by atoms with Gasteiger partial charge in [-0.25, -0.2) is 4.99 Å². The van der Waals surface area contributed by atoms with Crippen LogP contribution < -0.4 is 86.7 Å². The summed E-state index contributed by atoms with van der Waals surface area (Å²) in [7, 11) is -14.9. The fraction of sp³-hybridized carbons (Fsp3) is 0. The average Bonchev–Trinajstić information content (AvgIpc) is 2.48. The Hall–Kier alpha value is -3.37. The number of para-hydroxylation sites is 1. The molecule has 0 aliphatic heterocycles. The molecule has 1 aromatic rings. The van der Waals surface area contributed by atoms with Crippen LogP contribution in [0.4, 0.5) is 5.69 Å².